The summed E-state index contributed by atoms with van der Waals surface area (Å²) >= 11 is 7.85. The van der Waals surface area contributed by atoms with E-state index in [0.29, 0.717) is 10.7 Å². The Morgan fingerprint density at radius 1 is 0.833 bits per heavy atom. The number of halogens is 2. The fourth-order valence-electron chi connectivity index (χ4n) is 4.65. The van der Waals surface area contributed by atoms with Crippen molar-refractivity contribution in [3.63, 3.8) is 0 Å². The van der Waals surface area contributed by atoms with Crippen LogP contribution in [0, 0.1) is 5.82 Å². The summed E-state index contributed by atoms with van der Waals surface area (Å²) in [4.78, 5) is 7.10. The highest BCUT2D eigenvalue weighted by Gasteiger charge is 2.35. The van der Waals surface area contributed by atoms with Crippen molar-refractivity contribution in [3.05, 3.63) is 142 Å². The molecule has 1 atom stereocenters. The van der Waals surface area contributed by atoms with Crippen molar-refractivity contribution in [2.75, 3.05) is 4.90 Å². The van der Waals surface area contributed by atoms with E-state index in [9.17, 15) is 4.39 Å². The van der Waals surface area contributed by atoms with E-state index in [1.807, 2.05) is 66.7 Å². The van der Waals surface area contributed by atoms with Crippen molar-refractivity contribution >= 4 is 50.1 Å². The summed E-state index contributed by atoms with van der Waals surface area (Å²) in [7, 11) is 0. The van der Waals surface area contributed by atoms with E-state index >= 15 is 0 Å². The minimum Gasteiger partial charge on any atom is -0.397 e. The minimum atomic E-state index is -0.295. The average Bonchev–Trinajstić information content (AvgIpc) is 3.33. The van der Waals surface area contributed by atoms with Crippen LogP contribution in [0.2, 0.25) is 5.02 Å². The normalized spacial score (nSPS) is 15.9. The summed E-state index contributed by atoms with van der Waals surface area (Å²) in [5.41, 5.74) is 13.1. The molecule has 5 aromatic rings. The average molecular weight is 510 g/mol. The van der Waals surface area contributed by atoms with Crippen LogP contribution >= 0.6 is 22.9 Å². The number of nitrogens with zero attached hydrogens (tertiary/aromatic N) is 2. The largest absolute Gasteiger partial charge is 0.397 e. The Hall–Kier alpha value is -3.93. The number of allylic oxidation sites excluding steroid dienone is 1. The molecule has 0 fully saturated rings. The molecule has 2 N–H and O–H groups in total. The third-order valence-corrected chi connectivity index (χ3v) is 7.57. The number of fused-ring (bicyclic) bond motifs is 1. The van der Waals surface area contributed by atoms with Crippen molar-refractivity contribution in [2.24, 2.45) is 5.73 Å². The molecule has 2 heterocycles. The zero-order valence-electron chi connectivity index (χ0n) is 19.1. The molecule has 0 radical (unpaired) electrons. The first kappa shape index (κ1) is 22.5. The summed E-state index contributed by atoms with van der Waals surface area (Å²) in [6, 6.07) is 32.3. The van der Waals surface area contributed by atoms with E-state index in [1.165, 1.54) is 12.1 Å². The smallest absolute Gasteiger partial charge is 0.143 e. The van der Waals surface area contributed by atoms with Crippen molar-refractivity contribution in [1.29, 1.82) is 0 Å². The SMILES string of the molecule is NC1=C(c2nc3ccccc3s2)N(c2ccc(F)cc2)C(c2ccc(Cl)cc2)C(c2ccccc2)=C1. The number of benzene rings is 4. The number of rotatable bonds is 4. The van der Waals surface area contributed by atoms with E-state index in [-0.39, 0.29) is 11.9 Å². The van der Waals surface area contributed by atoms with Crippen LogP contribution in [-0.2, 0) is 0 Å². The van der Waals surface area contributed by atoms with Crippen molar-refractivity contribution in [1.82, 2.24) is 4.98 Å². The van der Waals surface area contributed by atoms with Crippen LogP contribution < -0.4 is 10.6 Å². The zero-order valence-corrected chi connectivity index (χ0v) is 20.7. The fraction of sp³-hybridized carbons (Fsp3) is 0.0333. The molecule has 3 nitrogen and oxygen atoms in total. The summed E-state index contributed by atoms with van der Waals surface area (Å²) in [6.07, 6.45) is 2.04. The Bertz CT molecular complexity index is 1570. The van der Waals surface area contributed by atoms with E-state index in [2.05, 4.69) is 23.1 Å². The topological polar surface area (TPSA) is 42.1 Å². The van der Waals surface area contributed by atoms with Crippen LogP contribution in [0.15, 0.2) is 115 Å². The predicted octanol–water partition coefficient (Wildman–Crippen LogP) is 8.06. The first-order valence-corrected chi connectivity index (χ1v) is 12.7. The molecule has 0 saturated carbocycles. The third-order valence-electron chi connectivity index (χ3n) is 6.27. The number of para-hydroxylation sites is 1. The van der Waals surface area contributed by atoms with E-state index < -0.39 is 0 Å². The lowest BCUT2D eigenvalue weighted by atomic mass is 9.87. The number of hydrogen-bond acceptors (Lipinski definition) is 4. The van der Waals surface area contributed by atoms with Gasteiger partial charge >= 0.3 is 0 Å². The van der Waals surface area contributed by atoms with Gasteiger partial charge in [0.2, 0.25) is 0 Å². The van der Waals surface area contributed by atoms with Crippen LogP contribution in [0.4, 0.5) is 10.1 Å². The van der Waals surface area contributed by atoms with Crippen molar-refractivity contribution < 1.29 is 4.39 Å². The Labute approximate surface area is 217 Å². The zero-order chi connectivity index (χ0) is 24.6. The molecule has 0 saturated heterocycles. The number of aromatic nitrogens is 1. The standard InChI is InChI=1S/C30H21ClFN3S/c31-21-12-10-20(11-13-21)28-24(19-6-2-1-3-7-19)18-25(33)29(35(28)23-16-14-22(32)15-17-23)30-34-26-8-4-5-9-27(26)36-30/h1-18,28H,33H2. The molecule has 6 heteroatoms. The number of nitrogens with two attached hydrogens (primary N) is 1. The monoisotopic (exact) mass is 509 g/mol. The molecule has 1 unspecified atom stereocenters. The molecule has 0 aliphatic carbocycles. The molecular formula is C30H21ClFN3S. The van der Waals surface area contributed by atoms with Gasteiger partial charge in [-0.1, -0.05) is 66.2 Å². The summed E-state index contributed by atoms with van der Waals surface area (Å²) < 4.78 is 15.1. The molecule has 0 bridgehead atoms. The molecule has 0 amide bonds. The summed E-state index contributed by atoms with van der Waals surface area (Å²) in [5.74, 6) is -0.295. The van der Waals surface area contributed by atoms with Crippen LogP contribution in [0.3, 0.4) is 0 Å². The fourth-order valence-corrected chi connectivity index (χ4v) is 5.80. The molecule has 0 spiro atoms. The number of hydrogen-bond donors (Lipinski definition) is 1. The minimum absolute atomic E-state index is 0.246. The van der Waals surface area contributed by atoms with Gasteiger partial charge in [0.1, 0.15) is 16.5 Å². The van der Waals surface area contributed by atoms with Gasteiger partial charge in [-0.3, -0.25) is 0 Å². The van der Waals surface area contributed by atoms with Gasteiger partial charge in [-0.2, -0.15) is 0 Å². The highest BCUT2D eigenvalue weighted by Crippen LogP contribution is 2.48. The van der Waals surface area contributed by atoms with Crippen LogP contribution in [-0.4, -0.2) is 4.98 Å². The van der Waals surface area contributed by atoms with Gasteiger partial charge in [0.25, 0.3) is 0 Å². The maximum atomic E-state index is 14.0. The first-order chi connectivity index (χ1) is 17.6. The Kier molecular flexibility index (Phi) is 5.80. The summed E-state index contributed by atoms with van der Waals surface area (Å²) in [6.45, 7) is 0. The van der Waals surface area contributed by atoms with Crippen molar-refractivity contribution in [3.8, 4) is 0 Å². The Balaban J connectivity index is 1.64. The molecule has 4 aromatic carbocycles. The van der Waals surface area contributed by atoms with Crippen molar-refractivity contribution in [2.45, 2.75) is 6.04 Å². The number of anilines is 1. The van der Waals surface area contributed by atoms with E-state index in [0.717, 1.165) is 43.3 Å². The maximum Gasteiger partial charge on any atom is 0.143 e. The molecule has 1 aliphatic heterocycles. The lowest BCUT2D eigenvalue weighted by Gasteiger charge is -2.40. The predicted molar refractivity (Wildman–Crippen MR) is 148 cm³/mol. The molecule has 1 aromatic heterocycles. The van der Waals surface area contributed by atoms with Gasteiger partial charge < -0.3 is 10.6 Å². The van der Waals surface area contributed by atoms with Gasteiger partial charge in [-0.25, -0.2) is 9.37 Å². The molecule has 36 heavy (non-hydrogen) atoms. The lowest BCUT2D eigenvalue weighted by Crippen LogP contribution is -2.33. The maximum absolute atomic E-state index is 14.0. The van der Waals surface area contributed by atoms with Gasteiger partial charge in [0.15, 0.2) is 0 Å². The van der Waals surface area contributed by atoms with Crippen LogP contribution in [0.1, 0.15) is 22.2 Å². The molecular weight excluding hydrogens is 489 g/mol. The first-order valence-electron chi connectivity index (χ1n) is 11.5. The molecule has 176 valence electrons. The quantitative estimate of drug-likeness (QED) is 0.266. The van der Waals surface area contributed by atoms with E-state index in [4.69, 9.17) is 22.3 Å². The lowest BCUT2D eigenvalue weighted by molar-refractivity contribution is 0.627. The second kappa shape index (κ2) is 9.26. The van der Waals surface area contributed by atoms with Gasteiger partial charge in [0.05, 0.1) is 22.0 Å². The van der Waals surface area contributed by atoms with Gasteiger partial charge in [-0.15, -0.1) is 11.3 Å². The second-order valence-corrected chi connectivity index (χ2v) is 10.0. The molecule has 1 aliphatic rings. The number of thiazole rings is 1. The highest BCUT2D eigenvalue weighted by molar-refractivity contribution is 7.19. The van der Waals surface area contributed by atoms with Crippen LogP contribution in [0.5, 0.6) is 0 Å². The highest BCUT2D eigenvalue weighted by atomic mass is 35.5. The van der Waals surface area contributed by atoms with Gasteiger partial charge in [0, 0.05) is 10.7 Å². The summed E-state index contributed by atoms with van der Waals surface area (Å²) in [5, 5.41) is 1.47. The van der Waals surface area contributed by atoms with E-state index in [1.54, 1.807) is 23.5 Å². The second-order valence-electron chi connectivity index (χ2n) is 8.56. The Morgan fingerprint density at radius 2 is 1.53 bits per heavy atom. The third kappa shape index (κ3) is 4.06. The molecule has 6 rings (SSSR count). The van der Waals surface area contributed by atoms with Crippen LogP contribution in [0.25, 0.3) is 21.5 Å². The Morgan fingerprint density at radius 3 is 2.25 bits per heavy atom. The van der Waals surface area contributed by atoms with Gasteiger partial charge in [-0.05, 0) is 71.3 Å².